The summed E-state index contributed by atoms with van der Waals surface area (Å²) in [6.07, 6.45) is 0. The van der Waals surface area contributed by atoms with Crippen LogP contribution < -0.4 is 38.9 Å². The van der Waals surface area contributed by atoms with Gasteiger partial charge in [0.05, 0.1) is 20.0 Å². The second-order valence-electron chi connectivity index (χ2n) is 3.66. The predicted octanol–water partition coefficient (Wildman–Crippen LogP) is -6.74. The van der Waals surface area contributed by atoms with Gasteiger partial charge in [-0.1, -0.05) is 0 Å². The van der Waals surface area contributed by atoms with E-state index in [0.717, 1.165) is 0 Å². The van der Waals surface area contributed by atoms with E-state index in [4.69, 9.17) is 0 Å². The van der Waals surface area contributed by atoms with E-state index in [1.54, 1.807) is 4.90 Å². The summed E-state index contributed by atoms with van der Waals surface area (Å²) in [5.41, 5.74) is 0. The molecule has 0 aromatic carbocycles. The van der Waals surface area contributed by atoms with Crippen LogP contribution >= 0.6 is 28.3 Å². The molecule has 4 aliphatic rings. The number of rotatable bonds is 0. The van der Waals surface area contributed by atoms with E-state index < -0.39 is 0 Å². The molecule has 4 saturated heterocycles. The van der Waals surface area contributed by atoms with E-state index in [9.17, 15) is 0 Å². The topological polar surface area (TPSA) is 14.2 Å². The lowest BCUT2D eigenvalue weighted by atomic mass is 10.4. The molecule has 0 saturated carbocycles. The first-order chi connectivity index (χ1) is 5.90. The normalized spacial score (nSPS) is 41.6. The van der Waals surface area contributed by atoms with Crippen LogP contribution in [0, 0.1) is 0 Å². The van der Waals surface area contributed by atoms with E-state index in [2.05, 4.69) is 43.0 Å². The standard InChI is InChI=1S/C6H12N4.Br2.2BrH/c1-7-2-9-4-8(1)5-10(3-7)6-9;1-2;;/h1-6H2;;2*1H/p-1. The molecular weight excluding hydrogens is 448 g/mol. The second-order valence-corrected chi connectivity index (χ2v) is 3.66. The van der Waals surface area contributed by atoms with Crippen LogP contribution in [0.2, 0.25) is 0 Å². The average molecular weight is 461 g/mol. The van der Waals surface area contributed by atoms with Crippen LogP contribution in [0.15, 0.2) is 0 Å². The first-order valence-corrected chi connectivity index (χ1v) is 7.76. The molecule has 8 heteroatoms. The molecule has 4 bridgehead atoms. The minimum atomic E-state index is 0. The van der Waals surface area contributed by atoms with Gasteiger partial charge in [-0.25, -0.2) is 14.7 Å². The van der Waals surface area contributed by atoms with Gasteiger partial charge in [-0.15, -0.1) is 0 Å². The van der Waals surface area contributed by atoms with Gasteiger partial charge in [0.2, 0.25) is 0 Å². The SMILES string of the molecule is BrBr.C1N2CN3CN1C[NH+](C2)C3.[Br-].[Br-]. The quantitative estimate of drug-likeness (QED) is 0.387. The monoisotopic (exact) mass is 457 g/mol. The fourth-order valence-corrected chi connectivity index (χ4v) is 2.38. The van der Waals surface area contributed by atoms with Crippen molar-refractivity contribution >= 4 is 28.3 Å². The van der Waals surface area contributed by atoms with Crippen molar-refractivity contribution in [1.82, 2.24) is 14.7 Å². The number of quaternary nitrogens is 1. The fraction of sp³-hybridized carbons (Fsp3) is 1.00. The van der Waals surface area contributed by atoms with Crippen LogP contribution in [0.1, 0.15) is 0 Å². The molecule has 0 atom stereocenters. The van der Waals surface area contributed by atoms with Crippen molar-refractivity contribution in [3.8, 4) is 0 Å². The summed E-state index contributed by atoms with van der Waals surface area (Å²) in [5.74, 6) is 0. The number of hydrogen-bond donors (Lipinski definition) is 1. The van der Waals surface area contributed by atoms with Gasteiger partial charge >= 0.3 is 0 Å². The highest BCUT2D eigenvalue weighted by Crippen LogP contribution is 2.09. The highest BCUT2D eigenvalue weighted by Gasteiger charge is 2.39. The summed E-state index contributed by atoms with van der Waals surface area (Å²) in [4.78, 5) is 9.23. The molecule has 4 aliphatic heterocycles. The lowest BCUT2D eigenvalue weighted by Crippen LogP contribution is -3.21. The molecule has 0 aromatic heterocycles. The number of nitrogens with zero attached hydrogens (tertiary/aromatic N) is 3. The predicted molar refractivity (Wildman–Crippen MR) is 53.5 cm³/mol. The second kappa shape index (κ2) is 7.16. The molecule has 0 spiro atoms. The molecule has 4 heterocycles. The van der Waals surface area contributed by atoms with E-state index in [0.29, 0.717) is 0 Å². The van der Waals surface area contributed by atoms with Gasteiger partial charge < -0.3 is 34.0 Å². The lowest BCUT2D eigenvalue weighted by Gasteiger charge is -2.53. The van der Waals surface area contributed by atoms with Crippen molar-refractivity contribution in [2.24, 2.45) is 0 Å². The molecule has 4 nitrogen and oxygen atoms in total. The zero-order chi connectivity index (χ0) is 8.55. The minimum Gasteiger partial charge on any atom is -1.00 e. The molecule has 0 radical (unpaired) electrons. The molecule has 14 heavy (non-hydrogen) atoms. The van der Waals surface area contributed by atoms with E-state index >= 15 is 0 Å². The molecule has 86 valence electrons. The highest BCUT2D eigenvalue weighted by atomic mass is 80.9. The molecule has 0 aliphatic carbocycles. The summed E-state index contributed by atoms with van der Waals surface area (Å²) < 4.78 is 0. The first-order valence-electron chi connectivity index (χ1n) is 4.05. The Hall–Kier alpha value is 1.76. The minimum absolute atomic E-state index is 0. The molecule has 1 N–H and O–H groups in total. The maximum Gasteiger partial charge on any atom is 0.137 e. The molecule has 0 amide bonds. The smallest absolute Gasteiger partial charge is 0.137 e. The Bertz CT molecular complexity index is 113. The lowest BCUT2D eigenvalue weighted by molar-refractivity contribution is -0.958. The fourth-order valence-electron chi connectivity index (χ4n) is 2.38. The summed E-state index contributed by atoms with van der Waals surface area (Å²) in [5, 5.41) is 0. The van der Waals surface area contributed by atoms with Gasteiger partial charge in [0, 0.05) is 28.3 Å². The van der Waals surface area contributed by atoms with Gasteiger partial charge in [-0.05, 0) is 0 Å². The van der Waals surface area contributed by atoms with Gasteiger partial charge in [0.1, 0.15) is 20.0 Å². The Morgan fingerprint density at radius 2 is 1.00 bits per heavy atom. The van der Waals surface area contributed by atoms with Crippen LogP contribution in [-0.4, -0.2) is 54.7 Å². The van der Waals surface area contributed by atoms with E-state index in [-0.39, 0.29) is 34.0 Å². The summed E-state index contributed by atoms with van der Waals surface area (Å²) in [6, 6.07) is 0. The molecule has 0 unspecified atom stereocenters. The zero-order valence-corrected chi connectivity index (χ0v) is 13.9. The Labute approximate surface area is 121 Å². The highest BCUT2D eigenvalue weighted by molar-refractivity contribution is 9.93. The van der Waals surface area contributed by atoms with Crippen LogP contribution in [0.25, 0.3) is 0 Å². The number of nitrogens with one attached hydrogen (secondary N) is 1. The molecule has 0 aromatic rings. The van der Waals surface area contributed by atoms with Gasteiger partial charge in [0.25, 0.3) is 0 Å². The van der Waals surface area contributed by atoms with Crippen molar-refractivity contribution in [3.05, 3.63) is 0 Å². The van der Waals surface area contributed by atoms with Gasteiger partial charge in [-0.2, -0.15) is 0 Å². The third-order valence-corrected chi connectivity index (χ3v) is 2.54. The Morgan fingerprint density at radius 1 is 0.714 bits per heavy atom. The first kappa shape index (κ1) is 15.8. The van der Waals surface area contributed by atoms with Crippen LogP contribution in [0.5, 0.6) is 0 Å². The van der Waals surface area contributed by atoms with Crippen LogP contribution in [0.3, 0.4) is 0 Å². The maximum absolute atomic E-state index is 2.75. The van der Waals surface area contributed by atoms with Crippen LogP contribution in [0.4, 0.5) is 0 Å². The van der Waals surface area contributed by atoms with Crippen molar-refractivity contribution < 1.29 is 38.9 Å². The zero-order valence-electron chi connectivity index (χ0n) is 7.60. The largest absolute Gasteiger partial charge is 1.00 e. The van der Waals surface area contributed by atoms with E-state index in [1.165, 1.54) is 40.0 Å². The number of hydrogen-bond acceptors (Lipinski definition) is 3. The Balaban J connectivity index is 0.000000401. The van der Waals surface area contributed by atoms with Crippen LogP contribution in [-0.2, 0) is 0 Å². The van der Waals surface area contributed by atoms with Crippen molar-refractivity contribution in [2.45, 2.75) is 0 Å². The average Bonchev–Trinajstić information content (AvgIpc) is 2.05. The van der Waals surface area contributed by atoms with Crippen molar-refractivity contribution in [3.63, 3.8) is 0 Å². The molecule has 4 fully saturated rings. The maximum atomic E-state index is 2.75. The van der Waals surface area contributed by atoms with Gasteiger partial charge in [0.15, 0.2) is 0 Å². The Kier molecular flexibility index (Phi) is 8.06. The third-order valence-electron chi connectivity index (χ3n) is 2.54. The third kappa shape index (κ3) is 3.38. The Morgan fingerprint density at radius 3 is 1.21 bits per heavy atom. The van der Waals surface area contributed by atoms with E-state index in [1.807, 2.05) is 0 Å². The summed E-state index contributed by atoms with van der Waals surface area (Å²) >= 11 is 5.50. The summed E-state index contributed by atoms with van der Waals surface area (Å²) in [7, 11) is 0. The number of halogens is 4. The molecule has 4 rings (SSSR count). The van der Waals surface area contributed by atoms with Crippen molar-refractivity contribution in [1.29, 1.82) is 0 Å². The van der Waals surface area contributed by atoms with Gasteiger partial charge in [-0.3, -0.25) is 4.90 Å². The molecular formula is C6H13Br4N4-. The van der Waals surface area contributed by atoms with Crippen molar-refractivity contribution in [2.75, 3.05) is 40.0 Å². The summed E-state index contributed by atoms with van der Waals surface area (Å²) in [6.45, 7) is 7.44.